The van der Waals surface area contributed by atoms with Crippen LogP contribution in [-0.2, 0) is 0 Å². The molecule has 0 aliphatic carbocycles. The van der Waals surface area contributed by atoms with E-state index in [0.29, 0.717) is 11.9 Å². The van der Waals surface area contributed by atoms with Gasteiger partial charge >= 0.3 is 5.69 Å². The monoisotopic (exact) mass is 314 g/mol. The number of aromatic nitrogens is 3. The first-order chi connectivity index (χ1) is 11.1. The molecule has 23 heavy (non-hydrogen) atoms. The van der Waals surface area contributed by atoms with Gasteiger partial charge in [-0.1, -0.05) is 0 Å². The van der Waals surface area contributed by atoms with E-state index in [1.54, 1.807) is 0 Å². The molecule has 1 unspecified atom stereocenters. The van der Waals surface area contributed by atoms with Crippen molar-refractivity contribution in [3.63, 3.8) is 0 Å². The maximum Gasteiger partial charge on any atom is 0.329 e. The van der Waals surface area contributed by atoms with Crippen molar-refractivity contribution in [1.29, 1.82) is 0 Å². The Morgan fingerprint density at radius 1 is 1.26 bits per heavy atom. The highest BCUT2D eigenvalue weighted by molar-refractivity contribution is 5.53. The molecular formula is C15H18N6O2. The van der Waals surface area contributed by atoms with Crippen molar-refractivity contribution in [3.05, 3.63) is 46.4 Å². The predicted molar refractivity (Wildman–Crippen MR) is 86.1 cm³/mol. The van der Waals surface area contributed by atoms with Crippen LogP contribution in [0.5, 0.6) is 0 Å². The van der Waals surface area contributed by atoms with Gasteiger partial charge in [0.05, 0.1) is 4.92 Å². The molecule has 3 heterocycles. The van der Waals surface area contributed by atoms with Crippen LogP contribution in [0.15, 0.2) is 30.7 Å². The van der Waals surface area contributed by atoms with Gasteiger partial charge in [0.1, 0.15) is 6.20 Å². The van der Waals surface area contributed by atoms with Crippen LogP contribution in [0.4, 0.5) is 17.5 Å². The number of hydrogen-bond acceptors (Lipinski definition) is 7. The Morgan fingerprint density at radius 3 is 2.74 bits per heavy atom. The van der Waals surface area contributed by atoms with E-state index < -0.39 is 4.92 Å². The van der Waals surface area contributed by atoms with E-state index >= 15 is 0 Å². The van der Waals surface area contributed by atoms with Crippen LogP contribution in [0.1, 0.15) is 30.7 Å². The number of nitrogens with two attached hydrogens (primary N) is 1. The third-order valence-corrected chi connectivity index (χ3v) is 4.17. The molecule has 3 rings (SSSR count). The fourth-order valence-corrected chi connectivity index (χ4v) is 2.94. The zero-order chi connectivity index (χ0) is 16.2. The molecule has 0 aromatic carbocycles. The van der Waals surface area contributed by atoms with Gasteiger partial charge in [0.15, 0.2) is 0 Å². The van der Waals surface area contributed by atoms with Crippen LogP contribution >= 0.6 is 0 Å². The number of nitrogen functional groups attached to an aromatic ring is 1. The first kappa shape index (κ1) is 15.1. The van der Waals surface area contributed by atoms with E-state index in [1.807, 2.05) is 17.3 Å². The molecule has 0 bridgehead atoms. The SMILES string of the molecule is Nc1nc(N2CCCC(c3ccncc3)CC2)ncc1[N+](=O)[O-]. The van der Waals surface area contributed by atoms with Crippen LogP contribution < -0.4 is 10.6 Å². The summed E-state index contributed by atoms with van der Waals surface area (Å²) in [7, 11) is 0. The molecule has 8 heteroatoms. The van der Waals surface area contributed by atoms with Crippen LogP contribution in [-0.4, -0.2) is 33.0 Å². The average Bonchev–Trinajstić information content (AvgIpc) is 2.81. The first-order valence-electron chi connectivity index (χ1n) is 7.57. The smallest absolute Gasteiger partial charge is 0.329 e. The highest BCUT2D eigenvalue weighted by atomic mass is 16.6. The van der Waals surface area contributed by atoms with Crippen molar-refractivity contribution in [2.45, 2.75) is 25.2 Å². The molecule has 8 nitrogen and oxygen atoms in total. The van der Waals surface area contributed by atoms with Gasteiger partial charge in [-0.05, 0) is 42.9 Å². The zero-order valence-electron chi connectivity index (χ0n) is 12.6. The second-order valence-electron chi connectivity index (χ2n) is 5.59. The Morgan fingerprint density at radius 2 is 2.04 bits per heavy atom. The van der Waals surface area contributed by atoms with Crippen LogP contribution in [0, 0.1) is 10.1 Å². The molecule has 120 valence electrons. The van der Waals surface area contributed by atoms with Gasteiger partial charge in [0.2, 0.25) is 11.8 Å². The van der Waals surface area contributed by atoms with Crippen molar-refractivity contribution in [2.75, 3.05) is 23.7 Å². The number of pyridine rings is 1. The molecule has 1 atom stereocenters. The Labute approximate surface area is 133 Å². The fraction of sp³-hybridized carbons (Fsp3) is 0.400. The number of hydrogen-bond donors (Lipinski definition) is 1. The summed E-state index contributed by atoms with van der Waals surface area (Å²) in [6.45, 7) is 1.61. The molecular weight excluding hydrogens is 296 g/mol. The van der Waals surface area contributed by atoms with E-state index in [1.165, 1.54) is 11.8 Å². The number of nitrogens with zero attached hydrogens (tertiary/aromatic N) is 5. The molecule has 1 saturated heterocycles. The van der Waals surface area contributed by atoms with Crippen molar-refractivity contribution in [3.8, 4) is 0 Å². The Bertz CT molecular complexity index is 694. The normalized spacial score (nSPS) is 18.4. The molecule has 1 aliphatic heterocycles. The van der Waals surface area contributed by atoms with Gasteiger partial charge in [-0.3, -0.25) is 15.1 Å². The third kappa shape index (κ3) is 3.36. The molecule has 1 fully saturated rings. The van der Waals surface area contributed by atoms with E-state index in [9.17, 15) is 10.1 Å². The standard InChI is InChI=1S/C15H18N6O2/c16-14-13(21(22)23)10-18-15(19-14)20-8-1-2-11(5-9-20)12-3-6-17-7-4-12/h3-4,6-7,10-11H,1-2,5,8-9H2,(H2,16,18,19). The van der Waals surface area contributed by atoms with Gasteiger partial charge in [0.25, 0.3) is 0 Å². The molecule has 2 aromatic rings. The van der Waals surface area contributed by atoms with Gasteiger partial charge in [-0.25, -0.2) is 4.98 Å². The second kappa shape index (κ2) is 6.55. The fourth-order valence-electron chi connectivity index (χ4n) is 2.94. The maximum atomic E-state index is 10.8. The minimum Gasteiger partial charge on any atom is -0.378 e. The van der Waals surface area contributed by atoms with E-state index in [4.69, 9.17) is 5.73 Å². The quantitative estimate of drug-likeness (QED) is 0.682. The van der Waals surface area contributed by atoms with Crippen LogP contribution in [0.3, 0.4) is 0 Å². The van der Waals surface area contributed by atoms with Crippen LogP contribution in [0.25, 0.3) is 0 Å². The highest BCUT2D eigenvalue weighted by Crippen LogP contribution is 2.29. The molecule has 0 saturated carbocycles. The Hall–Kier alpha value is -2.77. The van der Waals surface area contributed by atoms with Gasteiger partial charge in [-0.2, -0.15) is 4.98 Å². The number of anilines is 2. The summed E-state index contributed by atoms with van der Waals surface area (Å²) in [5, 5.41) is 10.8. The topological polar surface area (TPSA) is 111 Å². The summed E-state index contributed by atoms with van der Waals surface area (Å²) in [5.41, 5.74) is 6.71. The highest BCUT2D eigenvalue weighted by Gasteiger charge is 2.22. The average molecular weight is 314 g/mol. The van der Waals surface area contributed by atoms with Crippen molar-refractivity contribution in [1.82, 2.24) is 15.0 Å². The lowest BCUT2D eigenvalue weighted by atomic mass is 9.93. The lowest BCUT2D eigenvalue weighted by molar-refractivity contribution is -0.384. The van der Waals surface area contributed by atoms with Crippen LogP contribution in [0.2, 0.25) is 0 Å². The van der Waals surface area contributed by atoms with Crippen molar-refractivity contribution < 1.29 is 4.92 Å². The summed E-state index contributed by atoms with van der Waals surface area (Å²) >= 11 is 0. The third-order valence-electron chi connectivity index (χ3n) is 4.17. The second-order valence-corrected chi connectivity index (χ2v) is 5.59. The Kier molecular flexibility index (Phi) is 4.31. The summed E-state index contributed by atoms with van der Waals surface area (Å²) < 4.78 is 0. The van der Waals surface area contributed by atoms with Crippen molar-refractivity contribution in [2.24, 2.45) is 0 Å². The summed E-state index contributed by atoms with van der Waals surface area (Å²) in [5.74, 6) is 0.858. The van der Waals surface area contributed by atoms with Gasteiger partial charge in [0, 0.05) is 25.5 Å². The predicted octanol–water partition coefficient (Wildman–Crippen LogP) is 2.14. The molecule has 0 spiro atoms. The largest absolute Gasteiger partial charge is 0.378 e. The minimum atomic E-state index is -0.568. The number of nitro groups is 1. The molecule has 0 amide bonds. The lowest BCUT2D eigenvalue weighted by Gasteiger charge is -2.20. The minimum absolute atomic E-state index is 0.0880. The molecule has 2 aromatic heterocycles. The Balaban J connectivity index is 1.73. The summed E-state index contributed by atoms with van der Waals surface area (Å²) in [6, 6.07) is 4.11. The molecule has 2 N–H and O–H groups in total. The van der Waals surface area contributed by atoms with Gasteiger partial charge < -0.3 is 10.6 Å². The van der Waals surface area contributed by atoms with E-state index in [0.717, 1.165) is 32.4 Å². The maximum absolute atomic E-state index is 10.8. The zero-order valence-corrected chi connectivity index (χ0v) is 12.6. The molecule has 1 aliphatic rings. The first-order valence-corrected chi connectivity index (χ1v) is 7.57. The summed E-state index contributed by atoms with van der Waals surface area (Å²) in [4.78, 5) is 24.5. The van der Waals surface area contributed by atoms with Gasteiger partial charge in [-0.15, -0.1) is 0 Å². The van der Waals surface area contributed by atoms with Crippen molar-refractivity contribution >= 4 is 17.5 Å². The number of rotatable bonds is 3. The summed E-state index contributed by atoms with van der Waals surface area (Å²) in [6.07, 6.45) is 7.89. The van der Waals surface area contributed by atoms with E-state index in [2.05, 4.69) is 27.1 Å². The van der Waals surface area contributed by atoms with E-state index in [-0.39, 0.29) is 11.5 Å². The molecule has 0 radical (unpaired) electrons. The lowest BCUT2D eigenvalue weighted by Crippen LogP contribution is -2.26.